The van der Waals surface area contributed by atoms with Crippen LogP contribution in [-0.2, 0) is 11.2 Å². The van der Waals surface area contributed by atoms with Gasteiger partial charge in [-0.05, 0) is 50.8 Å². The van der Waals surface area contributed by atoms with Gasteiger partial charge in [0.25, 0.3) is 0 Å². The van der Waals surface area contributed by atoms with Gasteiger partial charge in [-0.2, -0.15) is 0 Å². The number of aryl methyl sites for hydroxylation is 2. The molecule has 4 saturated heterocycles. The van der Waals surface area contributed by atoms with Gasteiger partial charge >= 0.3 is 0 Å². The van der Waals surface area contributed by atoms with Crippen molar-refractivity contribution in [2.75, 3.05) is 19.6 Å². The van der Waals surface area contributed by atoms with E-state index < -0.39 is 0 Å². The predicted octanol–water partition coefficient (Wildman–Crippen LogP) is 3.47. The van der Waals surface area contributed by atoms with E-state index in [9.17, 15) is 4.79 Å². The second kappa shape index (κ2) is 7.02. The van der Waals surface area contributed by atoms with Crippen LogP contribution in [0, 0.1) is 12.8 Å². The lowest BCUT2D eigenvalue weighted by Gasteiger charge is -2.51. The van der Waals surface area contributed by atoms with Gasteiger partial charge in [0.05, 0.1) is 17.2 Å². The quantitative estimate of drug-likeness (QED) is 0.814. The van der Waals surface area contributed by atoms with Crippen LogP contribution in [0.15, 0.2) is 35.8 Å². The molecular weight excluding hydrogens is 354 g/mol. The summed E-state index contributed by atoms with van der Waals surface area (Å²) in [6.45, 7) is 5.34. The minimum atomic E-state index is 0.338. The molecule has 5 heterocycles. The van der Waals surface area contributed by atoms with E-state index in [1.54, 1.807) is 11.3 Å². The summed E-state index contributed by atoms with van der Waals surface area (Å²) in [5.41, 5.74) is 4.37. The zero-order chi connectivity index (χ0) is 18.4. The first-order valence-electron chi connectivity index (χ1n) is 10.2. The molecule has 0 aliphatic carbocycles. The SMILES string of the molecule is Cc1ncsc1CCC(=O)N1C[C@H](c2ccccc2)[C@H]2[C@@H]1C1CCN2CC1. The molecule has 1 aromatic heterocycles. The lowest BCUT2D eigenvalue weighted by atomic mass is 9.75. The van der Waals surface area contributed by atoms with Gasteiger partial charge < -0.3 is 4.90 Å². The van der Waals surface area contributed by atoms with E-state index >= 15 is 0 Å². The van der Waals surface area contributed by atoms with Gasteiger partial charge in [-0.3, -0.25) is 9.69 Å². The Kier molecular flexibility index (Phi) is 4.52. The number of rotatable bonds is 4. The van der Waals surface area contributed by atoms with E-state index in [-0.39, 0.29) is 0 Å². The molecule has 0 unspecified atom stereocenters. The summed E-state index contributed by atoms with van der Waals surface area (Å²) < 4.78 is 0. The van der Waals surface area contributed by atoms with E-state index in [4.69, 9.17) is 0 Å². The third kappa shape index (κ3) is 3.01. The Labute approximate surface area is 165 Å². The van der Waals surface area contributed by atoms with Crippen LogP contribution >= 0.6 is 11.3 Å². The molecular formula is C22H27N3OS. The van der Waals surface area contributed by atoms with E-state index in [0.717, 1.165) is 18.7 Å². The first kappa shape index (κ1) is 17.4. The zero-order valence-electron chi connectivity index (χ0n) is 15.9. The standard InChI is InChI=1S/C22H27N3OS/c1-15-19(27-14-23-15)7-8-20(26)25-13-18(16-5-3-2-4-6-16)22-21(25)17-9-11-24(22)12-10-17/h2-6,14,17-18,21-22H,7-13H2,1H3/t18-,21+,22+/m1/s1. The average molecular weight is 382 g/mol. The van der Waals surface area contributed by atoms with Crippen LogP contribution < -0.4 is 0 Å². The molecule has 0 radical (unpaired) electrons. The highest BCUT2D eigenvalue weighted by Crippen LogP contribution is 2.46. The summed E-state index contributed by atoms with van der Waals surface area (Å²) in [5.74, 6) is 1.47. The first-order chi connectivity index (χ1) is 13.2. The summed E-state index contributed by atoms with van der Waals surface area (Å²) in [5, 5.41) is 0. The maximum absolute atomic E-state index is 13.3. The molecule has 4 nitrogen and oxygen atoms in total. The van der Waals surface area contributed by atoms with Crippen molar-refractivity contribution in [3.63, 3.8) is 0 Å². The number of benzene rings is 1. The lowest BCUT2D eigenvalue weighted by Crippen LogP contribution is -2.60. The predicted molar refractivity (Wildman–Crippen MR) is 108 cm³/mol. The van der Waals surface area contributed by atoms with Crippen LogP contribution in [0.5, 0.6) is 0 Å². The summed E-state index contributed by atoms with van der Waals surface area (Å²) >= 11 is 1.68. The van der Waals surface area contributed by atoms with Crippen molar-refractivity contribution in [3.8, 4) is 0 Å². The molecule has 27 heavy (non-hydrogen) atoms. The molecule has 0 spiro atoms. The molecule has 0 N–H and O–H groups in total. The van der Waals surface area contributed by atoms with Gasteiger partial charge in [0.15, 0.2) is 0 Å². The van der Waals surface area contributed by atoms with Crippen LogP contribution in [0.3, 0.4) is 0 Å². The number of thiazole rings is 1. The molecule has 2 aromatic rings. The highest BCUT2D eigenvalue weighted by atomic mass is 32.1. The summed E-state index contributed by atoms with van der Waals surface area (Å²) in [7, 11) is 0. The number of amides is 1. The Morgan fingerprint density at radius 2 is 1.96 bits per heavy atom. The number of likely N-dealkylation sites (tertiary alicyclic amines) is 1. The third-order valence-corrected chi connectivity index (χ3v) is 7.95. The van der Waals surface area contributed by atoms with Crippen molar-refractivity contribution >= 4 is 17.2 Å². The van der Waals surface area contributed by atoms with Gasteiger partial charge in [0, 0.05) is 29.8 Å². The van der Waals surface area contributed by atoms with E-state index in [1.165, 1.54) is 36.4 Å². The number of nitrogens with zero attached hydrogens (tertiary/aromatic N) is 3. The minimum Gasteiger partial charge on any atom is -0.337 e. The molecule has 1 aromatic carbocycles. The Morgan fingerprint density at radius 1 is 1.19 bits per heavy atom. The number of piperidine rings is 3. The van der Waals surface area contributed by atoms with Crippen LogP contribution in [0.4, 0.5) is 0 Å². The summed E-state index contributed by atoms with van der Waals surface area (Å²) in [6.07, 6.45) is 3.94. The van der Waals surface area contributed by atoms with Gasteiger partial charge in [-0.15, -0.1) is 11.3 Å². The summed E-state index contributed by atoms with van der Waals surface area (Å²) in [6, 6.07) is 11.8. The fourth-order valence-electron chi connectivity index (χ4n) is 5.63. The van der Waals surface area contributed by atoms with Crippen molar-refractivity contribution in [1.29, 1.82) is 0 Å². The first-order valence-corrected chi connectivity index (χ1v) is 11.1. The number of carbonyl (C=O) groups is 1. The van der Waals surface area contributed by atoms with Crippen molar-refractivity contribution in [2.45, 2.75) is 50.6 Å². The van der Waals surface area contributed by atoms with Gasteiger partial charge in [-0.25, -0.2) is 4.98 Å². The molecule has 4 aliphatic heterocycles. The zero-order valence-corrected chi connectivity index (χ0v) is 16.7. The Balaban J connectivity index is 1.39. The van der Waals surface area contributed by atoms with Gasteiger partial charge in [0.2, 0.25) is 5.91 Å². The van der Waals surface area contributed by atoms with Crippen molar-refractivity contribution in [1.82, 2.24) is 14.8 Å². The highest BCUT2D eigenvalue weighted by Gasteiger charge is 2.54. The van der Waals surface area contributed by atoms with Crippen LogP contribution in [-0.4, -0.2) is 52.4 Å². The van der Waals surface area contributed by atoms with Gasteiger partial charge in [-0.1, -0.05) is 30.3 Å². The molecule has 3 atom stereocenters. The number of fused-ring (bicyclic) bond motifs is 2. The van der Waals surface area contributed by atoms with Crippen LogP contribution in [0.25, 0.3) is 0 Å². The van der Waals surface area contributed by atoms with Crippen LogP contribution in [0.1, 0.15) is 41.3 Å². The van der Waals surface area contributed by atoms with E-state index in [2.05, 4.69) is 45.1 Å². The smallest absolute Gasteiger partial charge is 0.223 e. The fraction of sp³-hybridized carbons (Fsp3) is 0.545. The Hall–Kier alpha value is -1.72. The number of aromatic nitrogens is 1. The van der Waals surface area contributed by atoms with Crippen molar-refractivity contribution in [2.24, 2.45) is 5.92 Å². The molecule has 1 amide bonds. The Bertz CT molecular complexity index is 812. The summed E-state index contributed by atoms with van der Waals surface area (Å²) in [4.78, 5) is 23.8. The second-order valence-electron chi connectivity index (χ2n) is 8.28. The van der Waals surface area contributed by atoms with Crippen LogP contribution in [0.2, 0.25) is 0 Å². The second-order valence-corrected chi connectivity index (χ2v) is 9.22. The maximum atomic E-state index is 13.3. The van der Waals surface area contributed by atoms with E-state index in [0.29, 0.717) is 36.2 Å². The minimum absolute atomic E-state index is 0.338. The molecule has 0 saturated carbocycles. The highest BCUT2D eigenvalue weighted by molar-refractivity contribution is 7.09. The number of hydrogen-bond donors (Lipinski definition) is 0. The Morgan fingerprint density at radius 3 is 2.67 bits per heavy atom. The molecule has 4 fully saturated rings. The molecule has 6 rings (SSSR count). The topological polar surface area (TPSA) is 36.4 Å². The monoisotopic (exact) mass is 381 g/mol. The number of carbonyl (C=O) groups excluding carboxylic acids is 1. The van der Waals surface area contributed by atoms with Crippen molar-refractivity contribution in [3.05, 3.63) is 52.0 Å². The molecule has 2 bridgehead atoms. The normalized spacial score (nSPS) is 31.9. The molecule has 4 aliphatic rings. The maximum Gasteiger partial charge on any atom is 0.223 e. The lowest BCUT2D eigenvalue weighted by molar-refractivity contribution is -0.135. The number of hydrogen-bond acceptors (Lipinski definition) is 4. The van der Waals surface area contributed by atoms with Crippen molar-refractivity contribution < 1.29 is 4.79 Å². The van der Waals surface area contributed by atoms with Gasteiger partial charge in [0.1, 0.15) is 0 Å². The fourth-order valence-corrected chi connectivity index (χ4v) is 6.41. The van der Waals surface area contributed by atoms with E-state index in [1.807, 2.05) is 12.4 Å². The average Bonchev–Trinajstić information content (AvgIpc) is 3.33. The molecule has 5 heteroatoms. The largest absolute Gasteiger partial charge is 0.337 e. The third-order valence-electron chi connectivity index (χ3n) is 6.95. The molecule has 142 valence electrons.